The van der Waals surface area contributed by atoms with Crippen molar-refractivity contribution < 1.29 is 71.6 Å². The SMILES string of the molecule is C#CCn1cc(C[C@@H]2NC(=O)[C@@H](NC(=O)OC(C)(C)C)Cc3cccc(c3)C/C=C/CO[C@H]3CCN(C2=O)[C@@H]3C(=O)N[C@H](C(=O)N[C@@H](Cc2ccc(OC)cc2)C(=O)N2CCC[C@@]2(C)C(=O)NCCc2ccc(CNC(=O)CCCCCC(=O)OCC)c(CN=[N+]=[N-])c2)[C@@H](C)O)c2cc(F)ccc21. The van der Waals surface area contributed by atoms with E-state index in [1.54, 1.807) is 87.9 Å². The van der Waals surface area contributed by atoms with Crippen LogP contribution < -0.4 is 36.6 Å². The highest BCUT2D eigenvalue weighted by molar-refractivity contribution is 5.99. The van der Waals surface area contributed by atoms with Gasteiger partial charge in [-0.15, -0.1) is 6.42 Å². The summed E-state index contributed by atoms with van der Waals surface area (Å²) in [7, 11) is 1.50. The summed E-state index contributed by atoms with van der Waals surface area (Å²) >= 11 is 0. The summed E-state index contributed by atoms with van der Waals surface area (Å²) in [6, 6.07) is 16.3. The van der Waals surface area contributed by atoms with E-state index in [1.165, 1.54) is 36.0 Å². The second-order valence-electron chi connectivity index (χ2n) is 27.3. The molecule has 0 aliphatic carbocycles. The van der Waals surface area contributed by atoms with Crippen LogP contribution in [0.1, 0.15) is 132 Å². The van der Waals surface area contributed by atoms with Crippen molar-refractivity contribution >= 4 is 64.3 Å². The molecule has 7 N–H and O–H groups in total. The number of likely N-dealkylation sites (tertiary alicyclic amines) is 1. The number of carbonyl (C=O) groups is 9. The van der Waals surface area contributed by atoms with Crippen LogP contribution in [0.3, 0.4) is 0 Å². The minimum Gasteiger partial charge on any atom is -0.497 e. The van der Waals surface area contributed by atoms with E-state index in [1.807, 2.05) is 42.5 Å². The van der Waals surface area contributed by atoms with Gasteiger partial charge in [-0.2, -0.15) is 0 Å². The minimum atomic E-state index is -1.78. The standard InChI is InChI=1S/C76H95FN12O14/c1-9-35-87-47-55(58-44-56(77)27-30-62(58)87)43-61-71(96)88-37-32-63(102-38-15-14-18-49-19-16-20-52(39-49)42-59(68(93)82-61)84-74(99)103-75(4,5)6)67(88)70(95)85-66(48(3)90)69(94)83-60(41-50-24-28-57(100-8)29-25-50)72(97)89-36-17-33-76(89,7)73(98)79-34-31-51-23-26-53(54(40-51)46-81-86-78)45-80-64(91)21-12-11-13-22-65(92)101-10-2/h1,14-16,19-20,23-30,39-40,44,47-48,59-61,63,66-67,90H,10-13,17-18,21-22,31-38,41-43,45-46H2,2-8H3,(H,79,98)(H,80,91)(H,82,93)(H,83,94)(H,84,99)(H,85,95)/b15-14+/t48-,59+,60+,61+,63+,66+,67+,76+/m1/s1. The fourth-order valence-electron chi connectivity index (χ4n) is 13.2. The van der Waals surface area contributed by atoms with E-state index < -0.39 is 101 Å². The van der Waals surface area contributed by atoms with Crippen molar-refractivity contribution in [3.63, 3.8) is 0 Å². The van der Waals surface area contributed by atoms with E-state index in [9.17, 15) is 34.6 Å². The van der Waals surface area contributed by atoms with E-state index in [0.717, 1.165) is 16.7 Å². The summed E-state index contributed by atoms with van der Waals surface area (Å²) < 4.78 is 39.3. The number of nitrogens with one attached hydrogen (secondary N) is 6. The number of hydrogen-bond donors (Lipinski definition) is 7. The number of aliphatic hydroxyl groups is 1. The van der Waals surface area contributed by atoms with Gasteiger partial charge in [-0.3, -0.25) is 38.4 Å². The number of hydrogen-bond acceptors (Lipinski definition) is 15. The number of allylic oxidation sites excluding steroid dienone is 1. The number of aliphatic hydroxyl groups excluding tert-OH is 1. The maximum Gasteiger partial charge on any atom is 0.408 e. The van der Waals surface area contributed by atoms with Gasteiger partial charge < -0.3 is 70.3 Å². The van der Waals surface area contributed by atoms with Crippen LogP contribution in [-0.2, 0) is 104 Å². The molecule has 2 fully saturated rings. The number of alkyl carbamates (subject to hydrolysis) is 1. The summed E-state index contributed by atoms with van der Waals surface area (Å²) in [4.78, 5) is 134. The normalized spacial score (nSPS) is 19.6. The van der Waals surface area contributed by atoms with E-state index >= 15 is 23.6 Å². The number of ether oxygens (including phenoxy) is 4. The predicted octanol–water partition coefficient (Wildman–Crippen LogP) is 6.96. The molecule has 8 amide bonds. The van der Waals surface area contributed by atoms with E-state index in [-0.39, 0.29) is 96.3 Å². The first-order chi connectivity index (χ1) is 49.3. The van der Waals surface area contributed by atoms with E-state index in [4.69, 9.17) is 25.4 Å². The first kappa shape index (κ1) is 78.4. The molecule has 2 saturated heterocycles. The molecule has 4 bridgehead atoms. The van der Waals surface area contributed by atoms with Crippen molar-refractivity contribution in [3.05, 3.63) is 158 Å². The lowest BCUT2D eigenvalue weighted by Crippen LogP contribution is -2.64. The van der Waals surface area contributed by atoms with Gasteiger partial charge in [0.25, 0.3) is 0 Å². The molecule has 3 aliphatic rings. The molecular weight excluding hydrogens is 1320 g/mol. The topological polar surface area (TPSA) is 343 Å². The summed E-state index contributed by atoms with van der Waals surface area (Å²) in [5, 5.41) is 32.7. The number of amides is 8. The quantitative estimate of drug-likeness (QED) is 0.00507. The molecule has 4 aromatic carbocycles. The summed E-state index contributed by atoms with van der Waals surface area (Å²) in [5.74, 6) is -2.50. The third-order valence-corrected chi connectivity index (χ3v) is 18.5. The molecule has 0 saturated carbocycles. The zero-order valence-corrected chi connectivity index (χ0v) is 59.6. The third-order valence-electron chi connectivity index (χ3n) is 18.5. The Hall–Kier alpha value is -10.3. The number of benzene rings is 4. The van der Waals surface area contributed by atoms with Gasteiger partial charge in [0.05, 0.1) is 45.6 Å². The monoisotopic (exact) mass is 1420 g/mol. The van der Waals surface area contributed by atoms with Crippen LogP contribution in [0, 0.1) is 18.2 Å². The largest absolute Gasteiger partial charge is 0.497 e. The van der Waals surface area contributed by atoms with Gasteiger partial charge in [-0.1, -0.05) is 84.2 Å². The predicted molar refractivity (Wildman–Crippen MR) is 382 cm³/mol. The van der Waals surface area contributed by atoms with E-state index in [2.05, 4.69) is 47.8 Å². The molecule has 8 atom stereocenters. The van der Waals surface area contributed by atoms with Gasteiger partial charge >= 0.3 is 12.1 Å². The molecule has 27 heteroatoms. The highest BCUT2D eigenvalue weighted by atomic mass is 19.1. The summed E-state index contributed by atoms with van der Waals surface area (Å²) in [6.07, 6.45) is 11.0. The number of methoxy groups -OCH3 is 1. The molecule has 0 spiro atoms. The van der Waals surface area contributed by atoms with Crippen LogP contribution in [-0.4, -0.2) is 166 Å². The van der Waals surface area contributed by atoms with Crippen molar-refractivity contribution in [1.82, 2.24) is 46.3 Å². The number of rotatable bonds is 28. The first-order valence-electron chi connectivity index (χ1n) is 35.0. The lowest BCUT2D eigenvalue weighted by atomic mass is 9.95. The van der Waals surface area contributed by atoms with E-state index in [0.29, 0.717) is 90.5 Å². The zero-order chi connectivity index (χ0) is 74.4. The Bertz CT molecular complexity index is 3990. The second-order valence-corrected chi connectivity index (χ2v) is 27.3. The molecular formula is C76H95FN12O14. The average Bonchev–Trinajstić information content (AvgIpc) is 1.66. The molecule has 0 radical (unpaired) electrons. The van der Waals surface area contributed by atoms with Crippen molar-refractivity contribution in [3.8, 4) is 18.1 Å². The maximum atomic E-state index is 15.7. The molecule has 103 heavy (non-hydrogen) atoms. The van der Waals surface area contributed by atoms with Gasteiger partial charge in [0.15, 0.2) is 0 Å². The Morgan fingerprint density at radius 2 is 1.68 bits per heavy atom. The van der Waals surface area contributed by atoms with Crippen LogP contribution in [0.2, 0.25) is 0 Å². The van der Waals surface area contributed by atoms with Crippen LogP contribution in [0.4, 0.5) is 9.18 Å². The Morgan fingerprint density at radius 1 is 0.922 bits per heavy atom. The number of halogens is 1. The molecule has 0 unspecified atom stereocenters. The fourth-order valence-corrected chi connectivity index (χ4v) is 13.2. The van der Waals surface area contributed by atoms with Crippen LogP contribution in [0.25, 0.3) is 21.3 Å². The minimum absolute atomic E-state index is 0.00590. The molecule has 26 nitrogen and oxygen atoms in total. The highest BCUT2D eigenvalue weighted by Crippen LogP contribution is 2.32. The van der Waals surface area contributed by atoms with Gasteiger partial charge in [0.1, 0.15) is 52.9 Å². The Morgan fingerprint density at radius 3 is 2.41 bits per heavy atom. The molecule has 550 valence electrons. The molecule has 4 heterocycles. The third kappa shape index (κ3) is 21.9. The van der Waals surface area contributed by atoms with Gasteiger partial charge in [0.2, 0.25) is 41.4 Å². The lowest BCUT2D eigenvalue weighted by Gasteiger charge is -2.37. The van der Waals surface area contributed by atoms with Crippen molar-refractivity contribution in [1.29, 1.82) is 0 Å². The molecule has 5 aromatic rings. The average molecular weight is 1420 g/mol. The number of fused-ring (bicyclic) bond motifs is 5. The second kappa shape index (κ2) is 37.1. The molecule has 3 aliphatic heterocycles. The Balaban J connectivity index is 1.03. The van der Waals surface area contributed by atoms with Gasteiger partial charge in [0, 0.05) is 80.3 Å². The van der Waals surface area contributed by atoms with Crippen molar-refractivity contribution in [2.24, 2.45) is 5.11 Å². The van der Waals surface area contributed by atoms with Crippen LogP contribution in [0.5, 0.6) is 5.75 Å². The zero-order valence-electron chi connectivity index (χ0n) is 59.6. The number of azide groups is 1. The van der Waals surface area contributed by atoms with Crippen LogP contribution >= 0.6 is 0 Å². The van der Waals surface area contributed by atoms with Gasteiger partial charge in [-0.05, 0) is 161 Å². The van der Waals surface area contributed by atoms with Crippen LogP contribution in [0.15, 0.2) is 108 Å². The lowest BCUT2D eigenvalue weighted by molar-refractivity contribution is -0.147. The number of carbonyl (C=O) groups excluding carboxylic acids is 9. The van der Waals surface area contributed by atoms with Gasteiger partial charge in [-0.25, -0.2) is 9.18 Å². The van der Waals surface area contributed by atoms with Crippen molar-refractivity contribution in [2.45, 2.75) is 198 Å². The number of aromatic nitrogens is 1. The fraction of sp³-hybridized carbons (Fsp3) is 0.487. The molecule has 8 rings (SSSR count). The number of terminal acetylenes is 1. The summed E-state index contributed by atoms with van der Waals surface area (Å²) in [6.45, 7) is 10.4. The smallest absolute Gasteiger partial charge is 0.408 e. The Kier molecular flexibility index (Phi) is 28.2. The Labute approximate surface area is 599 Å². The highest BCUT2D eigenvalue weighted by Gasteiger charge is 2.49. The molecule has 1 aromatic heterocycles. The maximum absolute atomic E-state index is 15.7. The number of esters is 1. The first-order valence-corrected chi connectivity index (χ1v) is 35.0. The number of unbranched alkanes of at least 4 members (excludes halogenated alkanes) is 2. The van der Waals surface area contributed by atoms with Crippen molar-refractivity contribution in [2.75, 3.05) is 40.0 Å². The number of nitrogens with zero attached hydrogens (tertiary/aromatic N) is 6. The summed E-state index contributed by atoms with van der Waals surface area (Å²) in [5.41, 5.74) is 12.1.